The monoisotopic (exact) mass is 308 g/mol. The number of rotatable bonds is 4. The third kappa shape index (κ3) is 2.39. The lowest BCUT2D eigenvalue weighted by Gasteiger charge is -2.01. The van der Waals surface area contributed by atoms with E-state index in [1.165, 1.54) is 0 Å². The third-order valence-electron chi connectivity index (χ3n) is 3.25. The predicted molar refractivity (Wildman–Crippen MR) is 80.7 cm³/mol. The second-order valence-corrected chi connectivity index (χ2v) is 4.69. The molecular formula is C15H12N6O2. The summed E-state index contributed by atoms with van der Waals surface area (Å²) in [7, 11) is 0. The maximum atomic E-state index is 5.38. The van der Waals surface area contributed by atoms with E-state index in [9.17, 15) is 0 Å². The summed E-state index contributed by atoms with van der Waals surface area (Å²) in [6.07, 6.45) is 8.47. The van der Waals surface area contributed by atoms with Gasteiger partial charge in [-0.2, -0.15) is 4.98 Å². The van der Waals surface area contributed by atoms with Crippen molar-refractivity contribution in [2.45, 2.75) is 6.92 Å². The van der Waals surface area contributed by atoms with Gasteiger partial charge in [0.05, 0.1) is 19.0 Å². The van der Waals surface area contributed by atoms with Gasteiger partial charge in [0.15, 0.2) is 5.65 Å². The highest BCUT2D eigenvalue weighted by molar-refractivity contribution is 5.60. The summed E-state index contributed by atoms with van der Waals surface area (Å²) in [4.78, 5) is 16.8. The van der Waals surface area contributed by atoms with Crippen molar-refractivity contribution < 1.29 is 9.26 Å². The average molecular weight is 308 g/mol. The van der Waals surface area contributed by atoms with Gasteiger partial charge in [-0.05, 0) is 13.0 Å². The van der Waals surface area contributed by atoms with Gasteiger partial charge in [-0.25, -0.2) is 9.97 Å². The van der Waals surface area contributed by atoms with E-state index in [4.69, 9.17) is 9.26 Å². The molecule has 0 amide bonds. The number of hydrogen-bond acceptors (Lipinski definition) is 7. The van der Waals surface area contributed by atoms with Crippen LogP contribution in [0.2, 0.25) is 0 Å². The molecule has 0 N–H and O–H groups in total. The molecule has 23 heavy (non-hydrogen) atoms. The molecule has 8 heteroatoms. The molecule has 0 unspecified atom stereocenters. The topological polar surface area (TPSA) is 91.2 Å². The maximum absolute atomic E-state index is 5.38. The number of imidazole rings is 1. The Morgan fingerprint density at radius 3 is 3.09 bits per heavy atom. The van der Waals surface area contributed by atoms with Crippen LogP contribution in [0.3, 0.4) is 0 Å². The summed E-state index contributed by atoms with van der Waals surface area (Å²) in [5.41, 5.74) is 2.20. The Kier molecular flexibility index (Phi) is 3.19. The quantitative estimate of drug-likeness (QED) is 0.571. The van der Waals surface area contributed by atoms with Crippen LogP contribution in [0.25, 0.3) is 28.6 Å². The Bertz CT molecular complexity index is 961. The van der Waals surface area contributed by atoms with Crippen molar-refractivity contribution in [3.05, 3.63) is 43.1 Å². The minimum absolute atomic E-state index is 0.396. The van der Waals surface area contributed by atoms with Gasteiger partial charge in [-0.1, -0.05) is 5.16 Å². The summed E-state index contributed by atoms with van der Waals surface area (Å²) in [6, 6.07) is 3.55. The Balaban J connectivity index is 1.73. The molecule has 0 atom stereocenters. The highest BCUT2D eigenvalue weighted by Gasteiger charge is 2.15. The summed E-state index contributed by atoms with van der Waals surface area (Å²) >= 11 is 0. The lowest BCUT2D eigenvalue weighted by molar-refractivity contribution is 0.327. The zero-order valence-corrected chi connectivity index (χ0v) is 12.2. The van der Waals surface area contributed by atoms with Gasteiger partial charge in [0.1, 0.15) is 5.69 Å². The Labute approximate surface area is 130 Å². The van der Waals surface area contributed by atoms with E-state index in [2.05, 4.69) is 25.1 Å². The Hall–Kier alpha value is -3.29. The zero-order valence-electron chi connectivity index (χ0n) is 12.2. The van der Waals surface area contributed by atoms with Crippen LogP contribution in [0.4, 0.5) is 0 Å². The van der Waals surface area contributed by atoms with Crippen LogP contribution >= 0.6 is 0 Å². The molecule has 0 radical (unpaired) electrons. The molecule has 0 saturated heterocycles. The second-order valence-electron chi connectivity index (χ2n) is 4.69. The largest absolute Gasteiger partial charge is 0.478 e. The summed E-state index contributed by atoms with van der Waals surface area (Å²) in [6.45, 7) is 2.44. The Morgan fingerprint density at radius 2 is 2.17 bits per heavy atom. The first kappa shape index (κ1) is 13.4. The van der Waals surface area contributed by atoms with Gasteiger partial charge >= 0.3 is 0 Å². The molecule has 4 aromatic heterocycles. The summed E-state index contributed by atoms with van der Waals surface area (Å²) in [5, 5.41) is 4.03. The lowest BCUT2D eigenvalue weighted by atomic mass is 10.2. The molecule has 114 valence electrons. The summed E-state index contributed by atoms with van der Waals surface area (Å²) < 4.78 is 12.6. The molecule has 4 rings (SSSR count). The minimum Gasteiger partial charge on any atom is -0.478 e. The van der Waals surface area contributed by atoms with Crippen LogP contribution in [0, 0.1) is 0 Å². The smallest absolute Gasteiger partial charge is 0.258 e. The van der Waals surface area contributed by atoms with E-state index in [0.717, 1.165) is 16.9 Å². The fraction of sp³-hybridized carbons (Fsp3) is 0.133. The van der Waals surface area contributed by atoms with Crippen LogP contribution in [0.1, 0.15) is 6.92 Å². The molecule has 0 spiro atoms. The van der Waals surface area contributed by atoms with Gasteiger partial charge in [0.2, 0.25) is 11.7 Å². The molecule has 0 saturated carbocycles. The molecule has 0 aliphatic rings. The van der Waals surface area contributed by atoms with Crippen LogP contribution in [-0.2, 0) is 0 Å². The van der Waals surface area contributed by atoms with Gasteiger partial charge in [0.25, 0.3) is 5.89 Å². The van der Waals surface area contributed by atoms with Crippen LogP contribution < -0.4 is 4.74 Å². The fourth-order valence-electron chi connectivity index (χ4n) is 2.22. The standard InChI is InChI=1S/C15H12N6O2/c1-2-22-13-7-10(3-4-17-13)15-19-14(20-23-15)11-8-18-12-9-16-5-6-21(11)12/h3-9H,2H2,1H3. The number of nitrogens with zero attached hydrogens (tertiary/aromatic N) is 6. The van der Waals surface area contributed by atoms with E-state index in [1.807, 2.05) is 11.3 Å². The SMILES string of the molecule is CCOc1cc(-c2nc(-c3cnc4cnccn34)no2)ccn1. The Morgan fingerprint density at radius 1 is 1.22 bits per heavy atom. The first-order valence-corrected chi connectivity index (χ1v) is 7.05. The van der Waals surface area contributed by atoms with Crippen molar-refractivity contribution in [1.29, 1.82) is 0 Å². The van der Waals surface area contributed by atoms with Crippen LogP contribution in [0.5, 0.6) is 5.88 Å². The fourth-order valence-corrected chi connectivity index (χ4v) is 2.22. The molecule has 4 heterocycles. The normalized spacial score (nSPS) is 11.0. The van der Waals surface area contributed by atoms with Crippen molar-refractivity contribution in [1.82, 2.24) is 29.5 Å². The van der Waals surface area contributed by atoms with Crippen molar-refractivity contribution in [3.8, 4) is 28.9 Å². The molecule has 0 fully saturated rings. The number of hydrogen-bond donors (Lipinski definition) is 0. The zero-order chi connectivity index (χ0) is 15.6. The number of pyridine rings is 1. The van der Waals surface area contributed by atoms with Gasteiger partial charge < -0.3 is 9.26 Å². The van der Waals surface area contributed by atoms with E-state index >= 15 is 0 Å². The number of ether oxygens (including phenoxy) is 1. The van der Waals surface area contributed by atoms with Crippen LogP contribution in [0.15, 0.2) is 47.6 Å². The van der Waals surface area contributed by atoms with E-state index in [0.29, 0.717) is 24.2 Å². The van der Waals surface area contributed by atoms with Crippen molar-refractivity contribution in [2.75, 3.05) is 6.61 Å². The first-order chi connectivity index (χ1) is 11.3. The van der Waals surface area contributed by atoms with Crippen LogP contribution in [-0.4, -0.2) is 36.1 Å². The molecule has 0 aromatic carbocycles. The molecule has 0 bridgehead atoms. The molecule has 4 aromatic rings. The first-order valence-electron chi connectivity index (χ1n) is 7.05. The molecular weight excluding hydrogens is 296 g/mol. The second kappa shape index (κ2) is 5.48. The predicted octanol–water partition coefficient (Wildman–Crippen LogP) is 2.24. The lowest BCUT2D eigenvalue weighted by Crippen LogP contribution is -1.94. The van der Waals surface area contributed by atoms with Gasteiger partial charge in [0, 0.05) is 30.2 Å². The third-order valence-corrected chi connectivity index (χ3v) is 3.25. The molecule has 8 nitrogen and oxygen atoms in total. The number of aromatic nitrogens is 6. The van der Waals surface area contributed by atoms with Crippen molar-refractivity contribution >= 4 is 5.65 Å². The maximum Gasteiger partial charge on any atom is 0.258 e. The van der Waals surface area contributed by atoms with Gasteiger partial charge in [-0.15, -0.1) is 0 Å². The minimum atomic E-state index is 0.396. The molecule has 0 aliphatic heterocycles. The highest BCUT2D eigenvalue weighted by Crippen LogP contribution is 2.24. The van der Waals surface area contributed by atoms with Gasteiger partial charge in [-0.3, -0.25) is 9.38 Å². The number of fused-ring (bicyclic) bond motifs is 1. The molecule has 0 aliphatic carbocycles. The van der Waals surface area contributed by atoms with E-state index in [1.54, 1.807) is 43.1 Å². The summed E-state index contributed by atoms with van der Waals surface area (Å²) in [5.74, 6) is 1.37. The van der Waals surface area contributed by atoms with Crippen molar-refractivity contribution in [2.24, 2.45) is 0 Å². The van der Waals surface area contributed by atoms with E-state index in [-0.39, 0.29) is 0 Å². The van der Waals surface area contributed by atoms with Crippen molar-refractivity contribution in [3.63, 3.8) is 0 Å². The highest BCUT2D eigenvalue weighted by atomic mass is 16.5. The van der Waals surface area contributed by atoms with E-state index < -0.39 is 0 Å². The average Bonchev–Trinajstić information content (AvgIpc) is 3.22.